The van der Waals surface area contributed by atoms with Crippen molar-refractivity contribution in [1.29, 1.82) is 0 Å². The average Bonchev–Trinajstić information content (AvgIpc) is 2.82. The first kappa shape index (κ1) is 33.7. The van der Waals surface area contributed by atoms with Crippen LogP contribution in [0, 0.1) is 0 Å². The van der Waals surface area contributed by atoms with E-state index in [1.54, 1.807) is 0 Å². The number of unbranched alkanes of at least 4 members (excludes halogenated alkanes) is 13. The van der Waals surface area contributed by atoms with Gasteiger partial charge in [-0.15, -0.1) is 0 Å². The molecular weight excluding hydrogens is 438 g/mol. The largest absolute Gasteiger partial charge is 0.391 e. The molecule has 0 fully saturated rings. The molecule has 0 aromatic rings. The molecular formula is C30H59NO2S. The summed E-state index contributed by atoms with van der Waals surface area (Å²) < 4.78 is 0. The van der Waals surface area contributed by atoms with E-state index in [1.165, 1.54) is 77.0 Å². The van der Waals surface area contributed by atoms with Gasteiger partial charge >= 0.3 is 0 Å². The minimum atomic E-state index is -0.368. The molecule has 0 aromatic heterocycles. The van der Waals surface area contributed by atoms with Crippen LogP contribution in [0.1, 0.15) is 129 Å². The van der Waals surface area contributed by atoms with Gasteiger partial charge in [0.15, 0.2) is 0 Å². The van der Waals surface area contributed by atoms with E-state index in [9.17, 15) is 10.2 Å². The third-order valence-corrected chi connectivity index (χ3v) is 6.73. The van der Waals surface area contributed by atoms with Gasteiger partial charge in [0.1, 0.15) is 0 Å². The maximum absolute atomic E-state index is 10.5. The van der Waals surface area contributed by atoms with Crippen LogP contribution >= 0.6 is 12.6 Å². The van der Waals surface area contributed by atoms with E-state index < -0.39 is 0 Å². The number of nitrogens with zero attached hydrogens (tertiary/aromatic N) is 1. The number of aliphatic hydroxyl groups is 2. The Morgan fingerprint density at radius 2 is 1.03 bits per heavy atom. The first-order chi connectivity index (χ1) is 16.6. The fraction of sp³-hybridized carbons (Fsp3) is 0.867. The molecule has 0 saturated carbocycles. The molecule has 0 aliphatic carbocycles. The second-order valence-corrected chi connectivity index (χ2v) is 10.5. The molecule has 34 heavy (non-hydrogen) atoms. The molecule has 0 aromatic carbocycles. The maximum Gasteiger partial charge on any atom is 0.0701 e. The Labute approximate surface area is 218 Å². The van der Waals surface area contributed by atoms with Crippen LogP contribution in [0.5, 0.6) is 0 Å². The Hall–Kier alpha value is -0.290. The zero-order chi connectivity index (χ0) is 25.1. The SMILES string of the molecule is CCCCCCCC/C=C\CC(O)CN(CCCCS)CC(O)C/C=C\CCCCCCCC. The van der Waals surface area contributed by atoms with E-state index in [0.29, 0.717) is 25.9 Å². The fourth-order valence-electron chi connectivity index (χ4n) is 4.28. The van der Waals surface area contributed by atoms with Gasteiger partial charge in [-0.2, -0.15) is 12.6 Å². The van der Waals surface area contributed by atoms with Gasteiger partial charge in [0.05, 0.1) is 12.2 Å². The van der Waals surface area contributed by atoms with E-state index in [-0.39, 0.29) is 12.2 Å². The van der Waals surface area contributed by atoms with Crippen molar-refractivity contribution in [2.45, 2.75) is 142 Å². The van der Waals surface area contributed by atoms with Crippen molar-refractivity contribution in [1.82, 2.24) is 4.90 Å². The zero-order valence-corrected chi connectivity index (χ0v) is 23.7. The zero-order valence-electron chi connectivity index (χ0n) is 22.8. The van der Waals surface area contributed by atoms with Gasteiger partial charge in [0, 0.05) is 13.1 Å². The lowest BCUT2D eigenvalue weighted by Crippen LogP contribution is -2.38. The van der Waals surface area contributed by atoms with E-state index >= 15 is 0 Å². The van der Waals surface area contributed by atoms with Crippen molar-refractivity contribution in [3.8, 4) is 0 Å². The summed E-state index contributed by atoms with van der Waals surface area (Å²) >= 11 is 4.32. The number of thiol groups is 1. The minimum absolute atomic E-state index is 0.368. The van der Waals surface area contributed by atoms with Crippen molar-refractivity contribution < 1.29 is 10.2 Å². The van der Waals surface area contributed by atoms with E-state index in [1.807, 2.05) is 0 Å². The van der Waals surface area contributed by atoms with Crippen LogP contribution in [0.25, 0.3) is 0 Å². The molecule has 0 amide bonds. The van der Waals surface area contributed by atoms with Gasteiger partial charge in [-0.3, -0.25) is 4.90 Å². The first-order valence-electron chi connectivity index (χ1n) is 14.6. The number of hydrogen-bond donors (Lipinski definition) is 3. The molecule has 0 radical (unpaired) electrons. The Balaban J connectivity index is 4.12. The summed E-state index contributed by atoms with van der Waals surface area (Å²) in [7, 11) is 0. The summed E-state index contributed by atoms with van der Waals surface area (Å²) in [6, 6.07) is 0. The minimum Gasteiger partial charge on any atom is -0.391 e. The third kappa shape index (κ3) is 24.8. The van der Waals surface area contributed by atoms with Gasteiger partial charge < -0.3 is 10.2 Å². The fourth-order valence-corrected chi connectivity index (χ4v) is 4.50. The van der Waals surface area contributed by atoms with Crippen LogP contribution in [0.3, 0.4) is 0 Å². The number of hydrogen-bond acceptors (Lipinski definition) is 4. The van der Waals surface area contributed by atoms with Gasteiger partial charge in [-0.05, 0) is 63.7 Å². The summed E-state index contributed by atoms with van der Waals surface area (Å²) in [5.74, 6) is 0.890. The Kier molecular flexibility index (Phi) is 27.1. The number of allylic oxidation sites excluding steroid dienone is 2. The first-order valence-corrected chi connectivity index (χ1v) is 15.3. The highest BCUT2D eigenvalue weighted by Gasteiger charge is 2.14. The van der Waals surface area contributed by atoms with Crippen LogP contribution < -0.4 is 0 Å². The van der Waals surface area contributed by atoms with E-state index in [2.05, 4.69) is 55.7 Å². The molecule has 202 valence electrons. The van der Waals surface area contributed by atoms with Crippen molar-refractivity contribution in [2.24, 2.45) is 0 Å². The molecule has 3 nitrogen and oxygen atoms in total. The lowest BCUT2D eigenvalue weighted by atomic mass is 10.1. The molecule has 0 bridgehead atoms. The van der Waals surface area contributed by atoms with Crippen LogP contribution in [-0.4, -0.2) is 52.7 Å². The highest BCUT2D eigenvalue weighted by molar-refractivity contribution is 7.80. The second kappa shape index (κ2) is 27.3. The molecule has 0 heterocycles. The van der Waals surface area contributed by atoms with Crippen molar-refractivity contribution in [3.63, 3.8) is 0 Å². The quantitative estimate of drug-likeness (QED) is 0.0642. The van der Waals surface area contributed by atoms with E-state index in [4.69, 9.17) is 0 Å². The van der Waals surface area contributed by atoms with Crippen LogP contribution in [-0.2, 0) is 0 Å². The molecule has 2 atom stereocenters. The average molecular weight is 498 g/mol. The summed E-state index contributed by atoms with van der Waals surface area (Å²) in [4.78, 5) is 2.24. The van der Waals surface area contributed by atoms with Gasteiger partial charge in [0.2, 0.25) is 0 Å². The topological polar surface area (TPSA) is 43.7 Å². The van der Waals surface area contributed by atoms with Gasteiger partial charge in [-0.25, -0.2) is 0 Å². The van der Waals surface area contributed by atoms with Crippen molar-refractivity contribution in [3.05, 3.63) is 24.3 Å². The molecule has 4 heteroatoms. The summed E-state index contributed by atoms with van der Waals surface area (Å²) in [6.07, 6.45) is 29.7. The highest BCUT2D eigenvalue weighted by Crippen LogP contribution is 2.10. The van der Waals surface area contributed by atoms with Crippen molar-refractivity contribution >= 4 is 12.6 Å². The normalized spacial score (nSPS) is 14.1. The van der Waals surface area contributed by atoms with Crippen LogP contribution in [0.15, 0.2) is 24.3 Å². The van der Waals surface area contributed by atoms with Gasteiger partial charge in [0.25, 0.3) is 0 Å². The van der Waals surface area contributed by atoms with Crippen LogP contribution in [0.4, 0.5) is 0 Å². The second-order valence-electron chi connectivity index (χ2n) is 10.0. The molecule has 0 aliphatic rings. The Morgan fingerprint density at radius 1 is 0.588 bits per heavy atom. The summed E-state index contributed by atoms with van der Waals surface area (Å²) in [5.41, 5.74) is 0. The summed E-state index contributed by atoms with van der Waals surface area (Å²) in [6.45, 7) is 6.69. The third-order valence-electron chi connectivity index (χ3n) is 6.42. The Morgan fingerprint density at radius 3 is 1.47 bits per heavy atom. The lowest BCUT2D eigenvalue weighted by Gasteiger charge is -2.26. The molecule has 2 unspecified atom stereocenters. The smallest absolute Gasteiger partial charge is 0.0701 e. The number of aliphatic hydroxyl groups excluding tert-OH is 2. The van der Waals surface area contributed by atoms with Gasteiger partial charge in [-0.1, -0.05) is 102 Å². The lowest BCUT2D eigenvalue weighted by molar-refractivity contribution is 0.0708. The van der Waals surface area contributed by atoms with E-state index in [0.717, 1.165) is 38.0 Å². The predicted octanol–water partition coefficient (Wildman–Crippen LogP) is 8.11. The van der Waals surface area contributed by atoms with Crippen molar-refractivity contribution in [2.75, 3.05) is 25.4 Å². The van der Waals surface area contributed by atoms with Crippen LogP contribution in [0.2, 0.25) is 0 Å². The Bertz CT molecular complexity index is 419. The summed E-state index contributed by atoms with van der Waals surface area (Å²) in [5, 5.41) is 21.1. The monoisotopic (exact) mass is 497 g/mol. The molecule has 2 N–H and O–H groups in total. The predicted molar refractivity (Wildman–Crippen MR) is 155 cm³/mol. The molecule has 0 saturated heterocycles. The highest BCUT2D eigenvalue weighted by atomic mass is 32.1. The molecule has 0 spiro atoms. The maximum atomic E-state index is 10.5. The number of rotatable bonds is 26. The standard InChI is InChI=1S/C30H59NO2S/c1-3-5-7-9-11-13-15-17-19-23-29(32)27-31(25-21-22-26-34)28-30(33)24-20-18-16-14-12-10-8-6-4-2/h17-20,29-30,32-34H,3-16,21-28H2,1-2H3/b19-17-,20-18-. The molecule has 0 rings (SSSR count). The molecule has 0 aliphatic heterocycles.